The Labute approximate surface area is 86.5 Å². The number of aliphatic carboxylic acids is 1. The van der Waals surface area contributed by atoms with Crippen molar-refractivity contribution in [3.05, 3.63) is 34.6 Å². The molecule has 0 spiro atoms. The Balaban J connectivity index is 3.33. The van der Waals surface area contributed by atoms with Gasteiger partial charge in [-0.2, -0.15) is 0 Å². The second-order valence-corrected chi connectivity index (χ2v) is 3.41. The SMILES string of the molecule is Cc1cc(C(C)C(=O)O)c(C=O)cc1F. The molecule has 4 heteroatoms. The summed E-state index contributed by atoms with van der Waals surface area (Å²) in [5.41, 5.74) is 0.771. The molecule has 1 rings (SSSR count). The van der Waals surface area contributed by atoms with Crippen molar-refractivity contribution in [3.8, 4) is 0 Å². The van der Waals surface area contributed by atoms with Gasteiger partial charge in [0, 0.05) is 5.56 Å². The van der Waals surface area contributed by atoms with Gasteiger partial charge in [0.2, 0.25) is 0 Å². The summed E-state index contributed by atoms with van der Waals surface area (Å²) in [4.78, 5) is 21.4. The van der Waals surface area contributed by atoms with E-state index in [0.29, 0.717) is 17.4 Å². The minimum atomic E-state index is -1.04. The number of carboxylic acid groups (broad SMARTS) is 1. The highest BCUT2D eigenvalue weighted by molar-refractivity contribution is 5.84. The van der Waals surface area contributed by atoms with Crippen LogP contribution in [0, 0.1) is 12.7 Å². The molecule has 0 aromatic heterocycles. The fourth-order valence-electron chi connectivity index (χ4n) is 1.33. The highest BCUT2D eigenvalue weighted by Gasteiger charge is 2.18. The van der Waals surface area contributed by atoms with E-state index in [1.807, 2.05) is 0 Å². The van der Waals surface area contributed by atoms with Crippen LogP contribution in [0.25, 0.3) is 0 Å². The van der Waals surface area contributed by atoms with E-state index >= 15 is 0 Å². The van der Waals surface area contributed by atoms with Gasteiger partial charge in [-0.1, -0.05) is 6.07 Å². The summed E-state index contributed by atoms with van der Waals surface area (Å²) >= 11 is 0. The van der Waals surface area contributed by atoms with Crippen LogP contribution >= 0.6 is 0 Å². The lowest BCUT2D eigenvalue weighted by Crippen LogP contribution is -2.10. The van der Waals surface area contributed by atoms with Gasteiger partial charge in [-0.25, -0.2) is 4.39 Å². The number of benzene rings is 1. The molecule has 0 heterocycles. The summed E-state index contributed by atoms with van der Waals surface area (Å²) in [5, 5.41) is 8.81. The molecule has 1 aromatic carbocycles. The fourth-order valence-corrected chi connectivity index (χ4v) is 1.33. The fraction of sp³-hybridized carbons (Fsp3) is 0.273. The van der Waals surface area contributed by atoms with Gasteiger partial charge in [-0.15, -0.1) is 0 Å². The normalized spacial score (nSPS) is 12.2. The standard InChI is InChI=1S/C11H11FO3/c1-6-3-9(7(2)11(14)15)8(5-13)4-10(6)12/h3-5,7H,1-2H3,(H,14,15). The Morgan fingerprint density at radius 2 is 2.13 bits per heavy atom. The van der Waals surface area contributed by atoms with Crippen LogP contribution in [0.3, 0.4) is 0 Å². The molecule has 0 aliphatic rings. The van der Waals surface area contributed by atoms with Crippen LogP contribution in [0.2, 0.25) is 0 Å². The van der Waals surface area contributed by atoms with Gasteiger partial charge in [0.25, 0.3) is 0 Å². The predicted octanol–water partition coefficient (Wildman–Crippen LogP) is 2.13. The van der Waals surface area contributed by atoms with Crippen LogP contribution in [0.1, 0.15) is 34.3 Å². The second-order valence-electron chi connectivity index (χ2n) is 3.41. The molecule has 0 amide bonds. The molecule has 1 atom stereocenters. The largest absolute Gasteiger partial charge is 0.481 e. The number of carboxylic acids is 1. The monoisotopic (exact) mass is 210 g/mol. The molecule has 3 nitrogen and oxygen atoms in total. The first-order valence-corrected chi connectivity index (χ1v) is 4.45. The molecule has 1 unspecified atom stereocenters. The zero-order chi connectivity index (χ0) is 11.6. The van der Waals surface area contributed by atoms with E-state index in [1.54, 1.807) is 0 Å². The van der Waals surface area contributed by atoms with Gasteiger partial charge in [0.15, 0.2) is 0 Å². The van der Waals surface area contributed by atoms with Crippen LogP contribution < -0.4 is 0 Å². The van der Waals surface area contributed by atoms with E-state index in [0.717, 1.165) is 6.07 Å². The third-order valence-corrected chi connectivity index (χ3v) is 2.33. The molecule has 0 saturated carbocycles. The minimum absolute atomic E-state index is 0.0907. The lowest BCUT2D eigenvalue weighted by atomic mass is 9.94. The molecular weight excluding hydrogens is 199 g/mol. The number of hydrogen-bond donors (Lipinski definition) is 1. The summed E-state index contributed by atoms with van der Waals surface area (Å²) in [6.45, 7) is 2.99. The van der Waals surface area contributed by atoms with E-state index < -0.39 is 17.7 Å². The third kappa shape index (κ3) is 2.21. The Kier molecular flexibility index (Phi) is 3.19. The zero-order valence-corrected chi connectivity index (χ0v) is 8.45. The van der Waals surface area contributed by atoms with Gasteiger partial charge in [-0.05, 0) is 31.0 Å². The molecule has 80 valence electrons. The van der Waals surface area contributed by atoms with Gasteiger partial charge in [-0.3, -0.25) is 9.59 Å². The summed E-state index contributed by atoms with van der Waals surface area (Å²) in [6.07, 6.45) is 0.470. The molecule has 0 fully saturated rings. The number of carbonyl (C=O) groups is 2. The van der Waals surface area contributed by atoms with E-state index in [9.17, 15) is 14.0 Å². The van der Waals surface area contributed by atoms with Crippen molar-refractivity contribution in [3.63, 3.8) is 0 Å². The predicted molar refractivity (Wildman–Crippen MR) is 52.6 cm³/mol. The van der Waals surface area contributed by atoms with Crippen molar-refractivity contribution >= 4 is 12.3 Å². The van der Waals surface area contributed by atoms with Crippen molar-refractivity contribution in [2.45, 2.75) is 19.8 Å². The maximum Gasteiger partial charge on any atom is 0.310 e. The number of hydrogen-bond acceptors (Lipinski definition) is 2. The van der Waals surface area contributed by atoms with Gasteiger partial charge < -0.3 is 5.11 Å². The highest BCUT2D eigenvalue weighted by Crippen LogP contribution is 2.22. The molecule has 0 radical (unpaired) electrons. The lowest BCUT2D eigenvalue weighted by Gasteiger charge is -2.10. The lowest BCUT2D eigenvalue weighted by molar-refractivity contribution is -0.138. The molecule has 1 N–H and O–H groups in total. The first-order valence-electron chi connectivity index (χ1n) is 4.45. The summed E-state index contributed by atoms with van der Waals surface area (Å²) in [5.74, 6) is -2.35. The van der Waals surface area contributed by atoms with Crippen molar-refractivity contribution < 1.29 is 19.1 Å². The maximum atomic E-state index is 13.1. The Hall–Kier alpha value is -1.71. The number of rotatable bonds is 3. The summed E-state index contributed by atoms with van der Waals surface area (Å²) in [6, 6.07) is 2.47. The van der Waals surface area contributed by atoms with E-state index in [-0.39, 0.29) is 5.56 Å². The number of aldehydes is 1. The Morgan fingerprint density at radius 1 is 1.53 bits per heavy atom. The molecule has 0 aliphatic carbocycles. The molecule has 15 heavy (non-hydrogen) atoms. The van der Waals surface area contributed by atoms with Crippen molar-refractivity contribution in [2.24, 2.45) is 0 Å². The van der Waals surface area contributed by atoms with Crippen molar-refractivity contribution in [1.29, 1.82) is 0 Å². The van der Waals surface area contributed by atoms with Crippen LogP contribution in [0.4, 0.5) is 4.39 Å². The average Bonchev–Trinajstić information content (AvgIpc) is 2.20. The molecule has 0 aliphatic heterocycles. The van der Waals surface area contributed by atoms with E-state index in [1.165, 1.54) is 19.9 Å². The van der Waals surface area contributed by atoms with Crippen LogP contribution in [-0.4, -0.2) is 17.4 Å². The quantitative estimate of drug-likeness (QED) is 0.777. The van der Waals surface area contributed by atoms with E-state index in [4.69, 9.17) is 5.11 Å². The van der Waals surface area contributed by atoms with E-state index in [2.05, 4.69) is 0 Å². The molecule has 0 saturated heterocycles. The second kappa shape index (κ2) is 4.21. The molecule has 1 aromatic rings. The Bertz CT molecular complexity index is 413. The third-order valence-electron chi connectivity index (χ3n) is 2.33. The number of carbonyl (C=O) groups excluding carboxylic acids is 1. The van der Waals surface area contributed by atoms with Gasteiger partial charge in [0.1, 0.15) is 12.1 Å². The first-order chi connectivity index (χ1) is 6.97. The minimum Gasteiger partial charge on any atom is -0.481 e. The van der Waals surface area contributed by atoms with Crippen LogP contribution in [0.15, 0.2) is 12.1 Å². The maximum absolute atomic E-state index is 13.1. The first kappa shape index (κ1) is 11.4. The number of halogens is 1. The van der Waals surface area contributed by atoms with Crippen molar-refractivity contribution in [2.75, 3.05) is 0 Å². The Morgan fingerprint density at radius 3 is 2.60 bits per heavy atom. The van der Waals surface area contributed by atoms with Crippen LogP contribution in [0.5, 0.6) is 0 Å². The van der Waals surface area contributed by atoms with Gasteiger partial charge in [0.05, 0.1) is 5.92 Å². The highest BCUT2D eigenvalue weighted by atomic mass is 19.1. The molecular formula is C11H11FO3. The van der Waals surface area contributed by atoms with Crippen LogP contribution in [-0.2, 0) is 4.79 Å². The topological polar surface area (TPSA) is 54.4 Å². The van der Waals surface area contributed by atoms with Gasteiger partial charge >= 0.3 is 5.97 Å². The average molecular weight is 210 g/mol. The number of aryl methyl sites for hydroxylation is 1. The van der Waals surface area contributed by atoms with Crippen molar-refractivity contribution in [1.82, 2.24) is 0 Å². The summed E-state index contributed by atoms with van der Waals surface area (Å²) < 4.78 is 13.1. The smallest absolute Gasteiger partial charge is 0.310 e. The molecule has 0 bridgehead atoms. The zero-order valence-electron chi connectivity index (χ0n) is 8.45. The summed E-state index contributed by atoms with van der Waals surface area (Å²) in [7, 11) is 0.